The van der Waals surface area contributed by atoms with Crippen molar-refractivity contribution in [2.24, 2.45) is 0 Å². The summed E-state index contributed by atoms with van der Waals surface area (Å²) in [6, 6.07) is 12.8. The average molecular weight is 234 g/mol. The molecule has 0 unspecified atom stereocenters. The lowest BCUT2D eigenvalue weighted by Crippen LogP contribution is -1.70. The molecule has 0 saturated carbocycles. The third-order valence-electron chi connectivity index (χ3n) is 2.27. The normalized spacial score (nSPS) is 11.1. The molecule has 3 heteroatoms. The Bertz CT molecular complexity index is 661. The van der Waals surface area contributed by atoms with E-state index in [1.165, 1.54) is 20.9 Å². The highest BCUT2D eigenvalue weighted by atomic mass is 32.9. The number of benzene rings is 2. The first-order valence-corrected chi connectivity index (χ1v) is 6.82. The second kappa shape index (κ2) is 3.12. The van der Waals surface area contributed by atoms with E-state index < -0.39 is 0 Å². The van der Waals surface area contributed by atoms with Crippen LogP contribution in [0.25, 0.3) is 20.9 Å². The van der Waals surface area contributed by atoms with Crippen molar-refractivity contribution in [1.82, 2.24) is 0 Å². The van der Waals surface area contributed by atoms with Gasteiger partial charge in [-0.15, -0.1) is 0 Å². The molecule has 3 rings (SSSR count). The average Bonchev–Trinajstić information content (AvgIpc) is 2.57. The highest BCUT2D eigenvalue weighted by molar-refractivity contribution is 7.81. The predicted molar refractivity (Wildman–Crippen MR) is 68.0 cm³/mol. The molecule has 1 heterocycles. The molecule has 0 atom stereocenters. The molecule has 1 aromatic heterocycles. The van der Waals surface area contributed by atoms with Crippen molar-refractivity contribution in [2.45, 2.75) is 0 Å². The Morgan fingerprint density at radius 3 is 2.43 bits per heavy atom. The summed E-state index contributed by atoms with van der Waals surface area (Å²) in [6.07, 6.45) is 0. The maximum atomic E-state index is 5.28. The zero-order chi connectivity index (χ0) is 9.54. The van der Waals surface area contributed by atoms with Gasteiger partial charge >= 0.3 is 0 Å². The summed E-state index contributed by atoms with van der Waals surface area (Å²) >= 11 is 5.28. The molecule has 2 aromatic carbocycles. The van der Waals surface area contributed by atoms with Crippen LogP contribution in [0.2, 0.25) is 0 Å². The molecule has 0 radical (unpaired) electrons. The molecule has 0 saturated heterocycles. The number of hydrogen-bond acceptors (Lipinski definition) is 3. The lowest BCUT2D eigenvalue weighted by molar-refractivity contribution is 1.81. The quantitative estimate of drug-likeness (QED) is 0.396. The Balaban J connectivity index is 2.61. The lowest BCUT2D eigenvalue weighted by atomic mass is 10.1. The fourth-order valence-corrected chi connectivity index (χ4v) is 4.21. The second-order valence-corrected chi connectivity index (χ2v) is 6.00. The van der Waals surface area contributed by atoms with Gasteiger partial charge in [-0.05, 0) is 22.9 Å². The summed E-state index contributed by atoms with van der Waals surface area (Å²) in [4.78, 5) is 0. The molecule has 0 spiro atoms. The number of fused-ring (bicyclic) bond motifs is 2. The Hall–Kier alpha value is -0.770. The standard InChI is InChI=1S/C11H6S3/c12-11-9-5-7-3-1-2-4-8(7)6-10(9)13-14-11/h1-6H. The molecule has 3 aromatic rings. The molecule has 0 fully saturated rings. The minimum atomic E-state index is 1.01. The number of rotatable bonds is 0. The van der Waals surface area contributed by atoms with Crippen molar-refractivity contribution in [3.63, 3.8) is 0 Å². The van der Waals surface area contributed by atoms with E-state index in [0.717, 1.165) is 3.82 Å². The van der Waals surface area contributed by atoms with Gasteiger partial charge in [-0.25, -0.2) is 0 Å². The topological polar surface area (TPSA) is 0 Å². The third kappa shape index (κ3) is 1.21. The zero-order valence-corrected chi connectivity index (χ0v) is 9.64. The zero-order valence-electron chi connectivity index (χ0n) is 7.19. The highest BCUT2D eigenvalue weighted by Crippen LogP contribution is 2.31. The minimum absolute atomic E-state index is 1.01. The van der Waals surface area contributed by atoms with Gasteiger partial charge in [0.2, 0.25) is 0 Å². The van der Waals surface area contributed by atoms with Gasteiger partial charge in [0.1, 0.15) is 3.82 Å². The van der Waals surface area contributed by atoms with Gasteiger partial charge in [-0.2, -0.15) is 0 Å². The van der Waals surface area contributed by atoms with E-state index in [0.29, 0.717) is 0 Å². The molecular formula is C11H6S3. The summed E-state index contributed by atoms with van der Waals surface area (Å²) < 4.78 is 2.31. The Kier molecular flexibility index (Phi) is 1.90. The van der Waals surface area contributed by atoms with Gasteiger partial charge in [0.05, 0.1) is 0 Å². The Morgan fingerprint density at radius 1 is 0.929 bits per heavy atom. The van der Waals surface area contributed by atoms with Crippen molar-refractivity contribution < 1.29 is 0 Å². The van der Waals surface area contributed by atoms with Crippen molar-refractivity contribution in [2.75, 3.05) is 0 Å². The van der Waals surface area contributed by atoms with Crippen molar-refractivity contribution >= 4 is 53.8 Å². The van der Waals surface area contributed by atoms with E-state index in [2.05, 4.69) is 36.4 Å². The van der Waals surface area contributed by atoms with Crippen LogP contribution >= 0.6 is 32.9 Å². The van der Waals surface area contributed by atoms with E-state index in [1.807, 2.05) is 0 Å². The first-order chi connectivity index (χ1) is 6.84. The monoisotopic (exact) mass is 234 g/mol. The van der Waals surface area contributed by atoms with Crippen LogP contribution in [0.3, 0.4) is 0 Å². The van der Waals surface area contributed by atoms with Crippen molar-refractivity contribution in [1.29, 1.82) is 0 Å². The van der Waals surface area contributed by atoms with E-state index in [4.69, 9.17) is 12.2 Å². The van der Waals surface area contributed by atoms with Crippen LogP contribution in [0, 0.1) is 3.82 Å². The highest BCUT2D eigenvalue weighted by Gasteiger charge is 2.00. The molecule has 0 N–H and O–H groups in total. The van der Waals surface area contributed by atoms with E-state index >= 15 is 0 Å². The van der Waals surface area contributed by atoms with Gasteiger partial charge in [0.15, 0.2) is 0 Å². The van der Waals surface area contributed by atoms with Crippen LogP contribution in [0.1, 0.15) is 0 Å². The molecule has 0 aliphatic carbocycles. The lowest BCUT2D eigenvalue weighted by Gasteiger charge is -1.96. The Labute approximate surface area is 93.8 Å². The summed E-state index contributed by atoms with van der Waals surface area (Å²) in [5, 5.41) is 3.80. The van der Waals surface area contributed by atoms with Gasteiger partial charge in [-0.3, -0.25) is 0 Å². The van der Waals surface area contributed by atoms with Crippen molar-refractivity contribution in [3.8, 4) is 0 Å². The summed E-state index contributed by atoms with van der Waals surface area (Å²) in [7, 11) is 3.45. The fraction of sp³-hybridized carbons (Fsp3) is 0. The molecule has 0 amide bonds. The summed E-state index contributed by atoms with van der Waals surface area (Å²) in [5.74, 6) is 0. The number of hydrogen-bond donors (Lipinski definition) is 0. The molecule has 68 valence electrons. The fourth-order valence-electron chi connectivity index (χ4n) is 1.58. The van der Waals surface area contributed by atoms with E-state index in [9.17, 15) is 0 Å². The first kappa shape index (κ1) is 8.53. The molecule has 14 heavy (non-hydrogen) atoms. The van der Waals surface area contributed by atoms with Gasteiger partial charge < -0.3 is 0 Å². The smallest absolute Gasteiger partial charge is 0.0785 e. The van der Waals surface area contributed by atoms with Gasteiger partial charge in [-0.1, -0.05) is 57.2 Å². The van der Waals surface area contributed by atoms with E-state index in [-0.39, 0.29) is 0 Å². The SMILES string of the molecule is S=c1ssc2cc3ccccc3cc12. The minimum Gasteiger partial charge on any atom is -0.0785 e. The van der Waals surface area contributed by atoms with Crippen molar-refractivity contribution in [3.05, 3.63) is 40.2 Å². The third-order valence-corrected chi connectivity index (χ3v) is 5.32. The van der Waals surface area contributed by atoms with E-state index in [1.54, 1.807) is 20.7 Å². The van der Waals surface area contributed by atoms with Gasteiger partial charge in [0.25, 0.3) is 0 Å². The predicted octanol–water partition coefficient (Wildman–Crippen LogP) is 4.85. The van der Waals surface area contributed by atoms with Crippen LogP contribution in [0.4, 0.5) is 0 Å². The van der Waals surface area contributed by atoms with Gasteiger partial charge in [0, 0.05) is 10.1 Å². The summed E-state index contributed by atoms with van der Waals surface area (Å²) in [5.41, 5.74) is 0. The van der Waals surface area contributed by atoms with Crippen LogP contribution < -0.4 is 0 Å². The maximum Gasteiger partial charge on any atom is 0.109 e. The molecule has 0 bridgehead atoms. The van der Waals surface area contributed by atoms with Crippen LogP contribution in [-0.4, -0.2) is 0 Å². The molecule has 0 aliphatic heterocycles. The van der Waals surface area contributed by atoms with Crippen LogP contribution in [0.5, 0.6) is 0 Å². The maximum absolute atomic E-state index is 5.28. The molecule has 0 nitrogen and oxygen atoms in total. The van der Waals surface area contributed by atoms with Crippen LogP contribution in [-0.2, 0) is 0 Å². The summed E-state index contributed by atoms with van der Waals surface area (Å²) in [6.45, 7) is 0. The largest absolute Gasteiger partial charge is 0.109 e. The Morgan fingerprint density at radius 2 is 1.64 bits per heavy atom. The van der Waals surface area contributed by atoms with Crippen LogP contribution in [0.15, 0.2) is 36.4 Å². The first-order valence-electron chi connectivity index (χ1n) is 4.26. The second-order valence-electron chi connectivity index (χ2n) is 3.15. The molecule has 0 aliphatic rings. The molecular weight excluding hydrogens is 228 g/mol.